The molecule has 3 heteroatoms. The molecule has 0 radical (unpaired) electrons. The summed E-state index contributed by atoms with van der Waals surface area (Å²) in [5, 5.41) is 0. The Labute approximate surface area is 73.8 Å². The maximum atomic E-state index is 5.48. The smallest absolute Gasteiger partial charge is 0.244 e. The van der Waals surface area contributed by atoms with Crippen molar-refractivity contribution in [2.24, 2.45) is 11.7 Å². The van der Waals surface area contributed by atoms with E-state index in [9.17, 15) is 0 Å². The summed E-state index contributed by atoms with van der Waals surface area (Å²) in [7, 11) is 0. The highest BCUT2D eigenvalue weighted by atomic mass is 15.1. The summed E-state index contributed by atoms with van der Waals surface area (Å²) in [6.45, 7) is 6.12. The summed E-state index contributed by atoms with van der Waals surface area (Å²) in [5.41, 5.74) is 5.48. The quantitative estimate of drug-likeness (QED) is 0.661. The Bertz CT molecular complexity index is 229. The van der Waals surface area contributed by atoms with Crippen molar-refractivity contribution in [3.05, 3.63) is 18.7 Å². The lowest BCUT2D eigenvalue weighted by molar-refractivity contribution is -0.695. The lowest BCUT2D eigenvalue weighted by atomic mass is 10.1. The summed E-state index contributed by atoms with van der Waals surface area (Å²) < 4.78 is 4.16. The van der Waals surface area contributed by atoms with E-state index in [1.165, 1.54) is 6.42 Å². The van der Waals surface area contributed by atoms with E-state index in [0.29, 0.717) is 6.67 Å². The first-order chi connectivity index (χ1) is 5.76. The highest BCUT2D eigenvalue weighted by Crippen LogP contribution is 2.03. The van der Waals surface area contributed by atoms with E-state index in [1.54, 1.807) is 0 Å². The molecule has 1 heterocycles. The van der Waals surface area contributed by atoms with E-state index < -0.39 is 0 Å². The number of nitrogens with two attached hydrogens (primary N) is 1. The molecular weight excluding hydrogens is 150 g/mol. The van der Waals surface area contributed by atoms with Crippen molar-refractivity contribution < 1.29 is 4.57 Å². The molecule has 1 rings (SSSR count). The second-order valence-electron chi connectivity index (χ2n) is 3.32. The number of imidazole rings is 1. The molecule has 0 amide bonds. The van der Waals surface area contributed by atoms with Crippen molar-refractivity contribution in [1.82, 2.24) is 4.57 Å². The second-order valence-corrected chi connectivity index (χ2v) is 3.32. The SMILES string of the molecule is CCC(C)Cn1cc[n+](CN)c1. The minimum atomic E-state index is 0.563. The van der Waals surface area contributed by atoms with E-state index >= 15 is 0 Å². The van der Waals surface area contributed by atoms with Gasteiger partial charge >= 0.3 is 0 Å². The monoisotopic (exact) mass is 168 g/mol. The maximum absolute atomic E-state index is 5.48. The third kappa shape index (κ3) is 2.34. The molecule has 0 bridgehead atoms. The number of rotatable bonds is 4. The van der Waals surface area contributed by atoms with Gasteiger partial charge in [-0.3, -0.25) is 5.73 Å². The zero-order chi connectivity index (χ0) is 8.97. The fourth-order valence-corrected chi connectivity index (χ4v) is 1.14. The Morgan fingerprint density at radius 3 is 2.83 bits per heavy atom. The van der Waals surface area contributed by atoms with Gasteiger partial charge in [-0.1, -0.05) is 13.8 Å². The van der Waals surface area contributed by atoms with Crippen LogP contribution in [0.4, 0.5) is 0 Å². The highest BCUT2D eigenvalue weighted by Gasteiger charge is 2.05. The molecule has 0 fully saturated rings. The largest absolute Gasteiger partial charge is 0.295 e. The Morgan fingerprint density at radius 1 is 1.58 bits per heavy atom. The van der Waals surface area contributed by atoms with Gasteiger partial charge in [-0.2, -0.15) is 0 Å². The van der Waals surface area contributed by atoms with Gasteiger partial charge < -0.3 is 0 Å². The van der Waals surface area contributed by atoms with Gasteiger partial charge in [-0.05, 0) is 12.3 Å². The third-order valence-electron chi connectivity index (χ3n) is 2.18. The molecule has 1 aromatic heterocycles. The Morgan fingerprint density at radius 2 is 2.33 bits per heavy atom. The van der Waals surface area contributed by atoms with Crippen LogP contribution in [0.5, 0.6) is 0 Å². The van der Waals surface area contributed by atoms with Crippen LogP contribution < -0.4 is 10.3 Å². The molecule has 0 saturated heterocycles. The molecule has 68 valence electrons. The van der Waals surface area contributed by atoms with Crippen molar-refractivity contribution in [3.8, 4) is 0 Å². The third-order valence-corrected chi connectivity index (χ3v) is 2.18. The van der Waals surface area contributed by atoms with E-state index in [-0.39, 0.29) is 0 Å². The van der Waals surface area contributed by atoms with Gasteiger partial charge in [0.1, 0.15) is 19.1 Å². The van der Waals surface area contributed by atoms with Crippen LogP contribution in [0.1, 0.15) is 20.3 Å². The summed E-state index contributed by atoms with van der Waals surface area (Å²) >= 11 is 0. The van der Waals surface area contributed by atoms with E-state index in [2.05, 4.69) is 24.6 Å². The van der Waals surface area contributed by atoms with E-state index in [4.69, 9.17) is 5.73 Å². The Balaban J connectivity index is 2.52. The normalized spacial score (nSPS) is 13.2. The maximum Gasteiger partial charge on any atom is 0.244 e. The number of aromatic nitrogens is 2. The lowest BCUT2D eigenvalue weighted by Crippen LogP contribution is -2.36. The van der Waals surface area contributed by atoms with E-state index in [0.717, 1.165) is 12.5 Å². The number of hydrogen-bond donors (Lipinski definition) is 1. The van der Waals surface area contributed by atoms with Gasteiger partial charge in [-0.15, -0.1) is 0 Å². The summed E-state index contributed by atoms with van der Waals surface area (Å²) in [5.74, 6) is 0.739. The van der Waals surface area contributed by atoms with Gasteiger partial charge in [0.2, 0.25) is 6.33 Å². The van der Waals surface area contributed by atoms with Crippen LogP contribution >= 0.6 is 0 Å². The van der Waals surface area contributed by atoms with Crippen LogP contribution in [0, 0.1) is 5.92 Å². The number of hydrogen-bond acceptors (Lipinski definition) is 1. The molecule has 0 saturated carbocycles. The molecule has 0 aliphatic heterocycles. The van der Waals surface area contributed by atoms with Crippen LogP contribution in [0.3, 0.4) is 0 Å². The predicted octanol–water partition coefficient (Wildman–Crippen LogP) is 0.738. The molecule has 0 aliphatic rings. The molecule has 1 aromatic rings. The zero-order valence-corrected chi connectivity index (χ0v) is 7.90. The molecule has 0 spiro atoms. The van der Waals surface area contributed by atoms with Crippen LogP contribution in [-0.2, 0) is 13.2 Å². The van der Waals surface area contributed by atoms with Crippen molar-refractivity contribution in [1.29, 1.82) is 0 Å². The number of nitrogens with zero attached hydrogens (tertiary/aromatic N) is 2. The minimum absolute atomic E-state index is 0.563. The van der Waals surface area contributed by atoms with Crippen molar-refractivity contribution in [2.75, 3.05) is 0 Å². The Kier molecular flexibility index (Phi) is 3.29. The average Bonchev–Trinajstić information content (AvgIpc) is 2.52. The van der Waals surface area contributed by atoms with Gasteiger partial charge in [-0.25, -0.2) is 9.13 Å². The Hall–Kier alpha value is -0.830. The highest BCUT2D eigenvalue weighted by molar-refractivity contribution is 4.67. The lowest BCUT2D eigenvalue weighted by Gasteiger charge is -2.03. The minimum Gasteiger partial charge on any atom is -0.295 e. The summed E-state index contributed by atoms with van der Waals surface area (Å²) in [6.07, 6.45) is 7.34. The first kappa shape index (κ1) is 9.26. The van der Waals surface area contributed by atoms with E-state index in [1.807, 2.05) is 17.1 Å². The van der Waals surface area contributed by atoms with Crippen molar-refractivity contribution in [2.45, 2.75) is 33.5 Å². The summed E-state index contributed by atoms with van der Waals surface area (Å²) in [6, 6.07) is 0. The van der Waals surface area contributed by atoms with Gasteiger partial charge in [0.05, 0.1) is 6.54 Å². The van der Waals surface area contributed by atoms with Crippen LogP contribution in [0.2, 0.25) is 0 Å². The van der Waals surface area contributed by atoms with Crippen molar-refractivity contribution in [3.63, 3.8) is 0 Å². The molecule has 0 aromatic carbocycles. The first-order valence-corrected chi connectivity index (χ1v) is 4.51. The van der Waals surface area contributed by atoms with Crippen molar-refractivity contribution >= 4 is 0 Å². The van der Waals surface area contributed by atoms with Crippen LogP contribution in [0.15, 0.2) is 18.7 Å². The fraction of sp³-hybridized carbons (Fsp3) is 0.667. The topological polar surface area (TPSA) is 34.8 Å². The predicted molar refractivity (Wildman–Crippen MR) is 48.3 cm³/mol. The molecule has 12 heavy (non-hydrogen) atoms. The standard InChI is InChI=1S/C9H18N3/c1-3-9(2)6-11-4-5-12(7-10)8-11/h4-5,8-9H,3,6-7,10H2,1-2H3/q+1. The van der Waals surface area contributed by atoms with Gasteiger partial charge in [0, 0.05) is 0 Å². The second kappa shape index (κ2) is 4.26. The van der Waals surface area contributed by atoms with Crippen LogP contribution in [-0.4, -0.2) is 4.57 Å². The summed E-state index contributed by atoms with van der Waals surface area (Å²) in [4.78, 5) is 0. The van der Waals surface area contributed by atoms with Gasteiger partial charge in [0.25, 0.3) is 0 Å². The molecule has 2 N–H and O–H groups in total. The first-order valence-electron chi connectivity index (χ1n) is 4.51. The van der Waals surface area contributed by atoms with Crippen LogP contribution in [0.25, 0.3) is 0 Å². The molecule has 3 nitrogen and oxygen atoms in total. The molecule has 1 unspecified atom stereocenters. The molecule has 1 atom stereocenters. The fourth-order valence-electron chi connectivity index (χ4n) is 1.14. The molecule has 0 aliphatic carbocycles. The zero-order valence-electron chi connectivity index (χ0n) is 7.90. The average molecular weight is 168 g/mol. The van der Waals surface area contributed by atoms with Gasteiger partial charge in [0.15, 0.2) is 0 Å². The molecular formula is C9H18N3+.